The Labute approximate surface area is 190 Å². The van der Waals surface area contributed by atoms with Gasteiger partial charge in [-0.25, -0.2) is 0 Å². The molecule has 2 amide bonds. The summed E-state index contributed by atoms with van der Waals surface area (Å²) in [4.78, 5) is 29.1. The lowest BCUT2D eigenvalue weighted by atomic mass is 10.1. The van der Waals surface area contributed by atoms with Gasteiger partial charge in [-0.1, -0.05) is 34.8 Å². The van der Waals surface area contributed by atoms with Crippen LogP contribution < -0.4 is 10.1 Å². The van der Waals surface area contributed by atoms with Crippen molar-refractivity contribution in [3.63, 3.8) is 0 Å². The number of amides is 2. The van der Waals surface area contributed by atoms with Crippen LogP contribution in [0.3, 0.4) is 0 Å². The summed E-state index contributed by atoms with van der Waals surface area (Å²) in [7, 11) is 2.03. The van der Waals surface area contributed by atoms with Crippen LogP contribution in [0.2, 0.25) is 15.1 Å². The topological polar surface area (TPSA) is 61.9 Å². The third-order valence-corrected chi connectivity index (χ3v) is 5.65. The van der Waals surface area contributed by atoms with Crippen LogP contribution in [0.25, 0.3) is 0 Å². The number of nitrogens with zero attached hydrogens (tertiary/aromatic N) is 2. The zero-order valence-corrected chi connectivity index (χ0v) is 18.9. The first-order chi connectivity index (χ1) is 14.2. The van der Waals surface area contributed by atoms with Crippen molar-refractivity contribution in [2.24, 2.45) is 0 Å². The Morgan fingerprint density at radius 3 is 2.40 bits per heavy atom. The fourth-order valence-corrected chi connectivity index (χ4v) is 3.96. The van der Waals surface area contributed by atoms with Gasteiger partial charge in [-0.2, -0.15) is 0 Å². The molecule has 0 unspecified atom stereocenters. The van der Waals surface area contributed by atoms with E-state index in [1.54, 1.807) is 42.2 Å². The highest BCUT2D eigenvalue weighted by Gasteiger charge is 2.21. The molecule has 0 atom stereocenters. The van der Waals surface area contributed by atoms with Crippen LogP contribution in [0.4, 0.5) is 5.69 Å². The van der Waals surface area contributed by atoms with Crippen molar-refractivity contribution >= 4 is 52.3 Å². The van der Waals surface area contributed by atoms with Crippen LogP contribution in [-0.2, 0) is 4.79 Å². The highest BCUT2D eigenvalue weighted by Crippen LogP contribution is 2.32. The number of hydrogen-bond acceptors (Lipinski definition) is 4. The predicted octanol–water partition coefficient (Wildman–Crippen LogP) is 4.36. The molecule has 1 N–H and O–H groups in total. The molecule has 160 valence electrons. The monoisotopic (exact) mass is 469 g/mol. The van der Waals surface area contributed by atoms with Crippen molar-refractivity contribution in [1.29, 1.82) is 0 Å². The van der Waals surface area contributed by atoms with Crippen molar-refractivity contribution in [2.45, 2.75) is 6.92 Å². The third-order valence-electron chi connectivity index (χ3n) is 4.82. The van der Waals surface area contributed by atoms with E-state index in [1.807, 2.05) is 7.05 Å². The molecule has 1 aliphatic heterocycles. The van der Waals surface area contributed by atoms with E-state index < -0.39 is 5.91 Å². The van der Waals surface area contributed by atoms with Crippen molar-refractivity contribution in [2.75, 3.05) is 45.2 Å². The Hall–Kier alpha value is -1.99. The quantitative estimate of drug-likeness (QED) is 0.705. The predicted molar refractivity (Wildman–Crippen MR) is 120 cm³/mol. The van der Waals surface area contributed by atoms with E-state index in [4.69, 9.17) is 39.5 Å². The molecule has 2 aromatic rings. The largest absolute Gasteiger partial charge is 0.482 e. The summed E-state index contributed by atoms with van der Waals surface area (Å²) in [6.45, 7) is 4.49. The summed E-state index contributed by atoms with van der Waals surface area (Å²) in [5, 5.41) is 3.84. The average molecular weight is 471 g/mol. The number of benzene rings is 2. The molecule has 0 radical (unpaired) electrons. The molecule has 0 aliphatic carbocycles. The van der Waals surface area contributed by atoms with Crippen molar-refractivity contribution in [3.05, 3.63) is 56.5 Å². The van der Waals surface area contributed by atoms with E-state index in [-0.39, 0.29) is 12.5 Å². The van der Waals surface area contributed by atoms with Gasteiger partial charge in [0.05, 0.1) is 15.7 Å². The summed E-state index contributed by atoms with van der Waals surface area (Å²) >= 11 is 18.3. The lowest BCUT2D eigenvalue weighted by Gasteiger charge is -2.32. The van der Waals surface area contributed by atoms with Gasteiger partial charge in [0.2, 0.25) is 0 Å². The molecule has 9 heteroatoms. The van der Waals surface area contributed by atoms with Crippen LogP contribution in [-0.4, -0.2) is 61.4 Å². The molecular weight excluding hydrogens is 449 g/mol. The first kappa shape index (κ1) is 22.7. The molecule has 30 heavy (non-hydrogen) atoms. The van der Waals surface area contributed by atoms with E-state index in [1.165, 1.54) is 0 Å². The molecule has 2 aromatic carbocycles. The minimum absolute atomic E-state index is 0.0879. The number of ether oxygens (including phenoxy) is 1. The number of hydrogen-bond donors (Lipinski definition) is 1. The molecule has 1 fully saturated rings. The van der Waals surface area contributed by atoms with Crippen LogP contribution in [0, 0.1) is 6.92 Å². The summed E-state index contributed by atoms with van der Waals surface area (Å²) in [5.74, 6) is -0.122. The van der Waals surface area contributed by atoms with Gasteiger partial charge in [0.25, 0.3) is 11.8 Å². The van der Waals surface area contributed by atoms with Crippen LogP contribution in [0.15, 0.2) is 30.3 Å². The second-order valence-electron chi connectivity index (χ2n) is 7.16. The number of likely N-dealkylation sites (N-methyl/N-ethyl adjacent to an activating group) is 1. The number of anilines is 1. The third kappa shape index (κ3) is 5.58. The standard InChI is InChI=1S/C21H22Cl3N3O3/c1-13-9-15(22)11-17(24)20(13)30-12-19(28)25-18-10-14(3-4-16(18)23)21(29)27-7-5-26(2)6-8-27/h3-4,9-11H,5-8,12H2,1-2H3,(H,25,28). The molecule has 6 nitrogen and oxygen atoms in total. The van der Waals surface area contributed by atoms with Gasteiger partial charge in [-0.05, 0) is 49.9 Å². The smallest absolute Gasteiger partial charge is 0.262 e. The minimum atomic E-state index is -0.425. The van der Waals surface area contributed by atoms with E-state index in [9.17, 15) is 9.59 Å². The van der Waals surface area contributed by atoms with E-state index in [0.717, 1.165) is 18.7 Å². The number of carbonyl (C=O) groups excluding carboxylic acids is 2. The van der Waals surface area contributed by atoms with Gasteiger partial charge >= 0.3 is 0 Å². The van der Waals surface area contributed by atoms with Crippen molar-refractivity contribution < 1.29 is 14.3 Å². The average Bonchev–Trinajstić information content (AvgIpc) is 2.69. The maximum absolute atomic E-state index is 12.8. The molecule has 3 rings (SSSR count). The number of halogens is 3. The number of piperazine rings is 1. The van der Waals surface area contributed by atoms with E-state index in [2.05, 4.69) is 10.2 Å². The summed E-state index contributed by atoms with van der Waals surface area (Å²) in [6, 6.07) is 8.09. The fraction of sp³-hybridized carbons (Fsp3) is 0.333. The SMILES string of the molecule is Cc1cc(Cl)cc(Cl)c1OCC(=O)Nc1cc(C(=O)N2CCN(C)CC2)ccc1Cl. The molecule has 1 aliphatic rings. The van der Waals surface area contributed by atoms with E-state index in [0.29, 0.717) is 45.2 Å². The molecule has 0 spiro atoms. The second kappa shape index (κ2) is 9.88. The van der Waals surface area contributed by atoms with Crippen LogP contribution in [0.1, 0.15) is 15.9 Å². The highest BCUT2D eigenvalue weighted by atomic mass is 35.5. The second-order valence-corrected chi connectivity index (χ2v) is 8.41. The molecule has 1 heterocycles. The van der Waals surface area contributed by atoms with Crippen LogP contribution in [0.5, 0.6) is 5.75 Å². The van der Waals surface area contributed by atoms with E-state index >= 15 is 0 Å². The Kier molecular flexibility index (Phi) is 7.47. The number of nitrogens with one attached hydrogen (secondary N) is 1. The number of rotatable bonds is 5. The molecule has 0 aromatic heterocycles. The van der Waals surface area contributed by atoms with Gasteiger partial charge < -0.3 is 19.9 Å². The normalized spacial score (nSPS) is 14.5. The number of aryl methyl sites for hydroxylation is 1. The number of carbonyl (C=O) groups is 2. The van der Waals surface area contributed by atoms with Gasteiger partial charge in [0.15, 0.2) is 6.61 Å². The Morgan fingerprint density at radius 2 is 1.73 bits per heavy atom. The van der Waals surface area contributed by atoms with Gasteiger partial charge in [0.1, 0.15) is 5.75 Å². The molecule has 0 saturated carbocycles. The molecule has 1 saturated heterocycles. The lowest BCUT2D eigenvalue weighted by Crippen LogP contribution is -2.47. The first-order valence-corrected chi connectivity index (χ1v) is 10.5. The zero-order chi connectivity index (χ0) is 21.8. The summed E-state index contributed by atoms with van der Waals surface area (Å²) in [6.07, 6.45) is 0. The fourth-order valence-electron chi connectivity index (χ4n) is 3.14. The maximum atomic E-state index is 12.8. The Bertz CT molecular complexity index is 937. The molecular formula is C21H22Cl3N3O3. The maximum Gasteiger partial charge on any atom is 0.262 e. The van der Waals surface area contributed by atoms with Crippen molar-refractivity contribution in [3.8, 4) is 5.75 Å². The summed E-state index contributed by atoms with van der Waals surface area (Å²) in [5.41, 5.74) is 1.54. The Balaban J connectivity index is 1.65. The van der Waals surface area contributed by atoms with Crippen LogP contribution >= 0.6 is 34.8 Å². The lowest BCUT2D eigenvalue weighted by molar-refractivity contribution is -0.118. The zero-order valence-electron chi connectivity index (χ0n) is 16.7. The van der Waals surface area contributed by atoms with Gasteiger partial charge in [-0.3, -0.25) is 9.59 Å². The summed E-state index contributed by atoms with van der Waals surface area (Å²) < 4.78 is 5.55. The Morgan fingerprint density at radius 1 is 1.03 bits per heavy atom. The minimum Gasteiger partial charge on any atom is -0.482 e. The van der Waals surface area contributed by atoms with Gasteiger partial charge in [-0.15, -0.1) is 0 Å². The van der Waals surface area contributed by atoms with Gasteiger partial charge in [0, 0.05) is 36.8 Å². The van der Waals surface area contributed by atoms with Crippen molar-refractivity contribution in [1.82, 2.24) is 9.80 Å². The highest BCUT2D eigenvalue weighted by molar-refractivity contribution is 6.35. The molecule has 0 bridgehead atoms. The first-order valence-electron chi connectivity index (χ1n) is 9.40.